The van der Waals surface area contributed by atoms with Gasteiger partial charge >= 0.3 is 0 Å². The van der Waals surface area contributed by atoms with Crippen LogP contribution in [0, 0.1) is 5.92 Å². The maximum Gasteiger partial charge on any atom is 0.252 e. The summed E-state index contributed by atoms with van der Waals surface area (Å²) < 4.78 is 0. The molecule has 2 atom stereocenters. The van der Waals surface area contributed by atoms with Gasteiger partial charge in [-0.15, -0.1) is 0 Å². The van der Waals surface area contributed by atoms with Crippen LogP contribution in [0.25, 0.3) is 0 Å². The second kappa shape index (κ2) is 9.43. The zero-order chi connectivity index (χ0) is 19.1. The maximum absolute atomic E-state index is 12.2. The van der Waals surface area contributed by atoms with Gasteiger partial charge in [0.15, 0.2) is 0 Å². The van der Waals surface area contributed by atoms with Gasteiger partial charge in [-0.2, -0.15) is 0 Å². The van der Waals surface area contributed by atoms with E-state index >= 15 is 0 Å². The molecule has 1 fully saturated rings. The number of aryl methyl sites for hydroxylation is 1. The van der Waals surface area contributed by atoms with Crippen LogP contribution >= 0.6 is 0 Å². The Hall–Kier alpha value is -2.51. The molecule has 4 N–H and O–H groups in total. The molecule has 0 saturated carbocycles. The number of hydrogen-bond acceptors (Lipinski definition) is 6. The van der Waals surface area contributed by atoms with Crippen LogP contribution in [-0.2, 0) is 6.42 Å². The normalized spacial score (nSPS) is 21.8. The summed E-state index contributed by atoms with van der Waals surface area (Å²) in [5.41, 5.74) is 8.11. The number of nitrogens with zero attached hydrogens (tertiary/aromatic N) is 2. The molecule has 2 unspecified atom stereocenters. The standard InChI is InChI=1S/C20H28N6O/c1-14-18(15(2)26-25-14)13-24-19-9-8-16(12-23-19)20(27)22-11-5-7-17-6-3-4-10-21-17/h3-4,6,8-10,12,14-15,18,25-26H,5,7,11,13H2,1-2H3,(H,22,27)(H,23,24). The van der Waals surface area contributed by atoms with Crippen molar-refractivity contribution < 1.29 is 4.79 Å². The molecule has 0 spiro atoms. The number of nitrogens with one attached hydrogen (secondary N) is 4. The summed E-state index contributed by atoms with van der Waals surface area (Å²) in [6, 6.07) is 10.3. The minimum Gasteiger partial charge on any atom is -0.370 e. The summed E-state index contributed by atoms with van der Waals surface area (Å²) in [6.07, 6.45) is 5.12. The lowest BCUT2D eigenvalue weighted by Crippen LogP contribution is -2.30. The average molecular weight is 368 g/mol. The number of hydrogen-bond donors (Lipinski definition) is 4. The van der Waals surface area contributed by atoms with Gasteiger partial charge in [-0.05, 0) is 51.0 Å². The second-order valence-corrected chi connectivity index (χ2v) is 7.02. The number of amides is 1. The van der Waals surface area contributed by atoms with Gasteiger partial charge < -0.3 is 10.6 Å². The molecule has 0 bridgehead atoms. The van der Waals surface area contributed by atoms with Crippen LogP contribution in [0.4, 0.5) is 5.82 Å². The third-order valence-electron chi connectivity index (χ3n) is 4.99. The zero-order valence-electron chi connectivity index (χ0n) is 15.9. The molecule has 1 aliphatic heterocycles. The van der Waals surface area contributed by atoms with Gasteiger partial charge in [0, 0.05) is 49.2 Å². The van der Waals surface area contributed by atoms with E-state index in [-0.39, 0.29) is 5.91 Å². The van der Waals surface area contributed by atoms with Gasteiger partial charge in [0.1, 0.15) is 5.82 Å². The van der Waals surface area contributed by atoms with E-state index in [1.807, 2.05) is 24.3 Å². The van der Waals surface area contributed by atoms with E-state index in [2.05, 4.69) is 45.3 Å². The van der Waals surface area contributed by atoms with Crippen LogP contribution in [0.1, 0.15) is 36.3 Å². The van der Waals surface area contributed by atoms with Crippen molar-refractivity contribution >= 4 is 11.7 Å². The van der Waals surface area contributed by atoms with Crippen LogP contribution in [0.2, 0.25) is 0 Å². The van der Waals surface area contributed by atoms with Crippen molar-refractivity contribution in [1.29, 1.82) is 0 Å². The Kier molecular flexibility index (Phi) is 6.73. The quantitative estimate of drug-likeness (QED) is 0.531. The largest absolute Gasteiger partial charge is 0.370 e. The SMILES string of the molecule is CC1NNC(C)C1CNc1ccc(C(=O)NCCCc2ccccn2)cn1. The lowest BCUT2D eigenvalue weighted by atomic mass is 9.97. The van der Waals surface area contributed by atoms with E-state index < -0.39 is 0 Å². The molecule has 0 radical (unpaired) electrons. The Labute approximate surface area is 160 Å². The van der Waals surface area contributed by atoms with E-state index in [9.17, 15) is 4.79 Å². The smallest absolute Gasteiger partial charge is 0.252 e. The summed E-state index contributed by atoms with van der Waals surface area (Å²) in [5.74, 6) is 1.17. The Bertz CT molecular complexity index is 711. The summed E-state index contributed by atoms with van der Waals surface area (Å²) in [7, 11) is 0. The monoisotopic (exact) mass is 368 g/mol. The molecular weight excluding hydrogens is 340 g/mol. The van der Waals surface area contributed by atoms with E-state index in [1.54, 1.807) is 18.5 Å². The van der Waals surface area contributed by atoms with Crippen molar-refractivity contribution in [3.05, 3.63) is 54.0 Å². The number of aromatic nitrogens is 2. The predicted octanol–water partition coefficient (Wildman–Crippen LogP) is 1.75. The Morgan fingerprint density at radius 3 is 2.59 bits per heavy atom. The first-order valence-corrected chi connectivity index (χ1v) is 9.52. The van der Waals surface area contributed by atoms with Crippen LogP contribution in [0.15, 0.2) is 42.7 Å². The number of carbonyl (C=O) groups excluding carboxylic acids is 1. The fourth-order valence-electron chi connectivity index (χ4n) is 3.24. The van der Waals surface area contributed by atoms with Crippen molar-refractivity contribution in [2.75, 3.05) is 18.4 Å². The first-order valence-electron chi connectivity index (χ1n) is 9.52. The predicted molar refractivity (Wildman–Crippen MR) is 106 cm³/mol. The molecule has 27 heavy (non-hydrogen) atoms. The van der Waals surface area contributed by atoms with E-state index in [4.69, 9.17) is 0 Å². The molecule has 7 heteroatoms. The van der Waals surface area contributed by atoms with Crippen molar-refractivity contribution in [1.82, 2.24) is 26.1 Å². The van der Waals surface area contributed by atoms with Gasteiger partial charge in [0.05, 0.1) is 5.56 Å². The van der Waals surface area contributed by atoms with E-state index in [0.29, 0.717) is 30.1 Å². The molecule has 1 amide bonds. The fourth-order valence-corrected chi connectivity index (χ4v) is 3.24. The highest BCUT2D eigenvalue weighted by atomic mass is 16.1. The molecule has 2 aromatic rings. The van der Waals surface area contributed by atoms with Crippen LogP contribution < -0.4 is 21.5 Å². The third kappa shape index (κ3) is 5.48. The Morgan fingerprint density at radius 1 is 1.11 bits per heavy atom. The number of hydrazine groups is 1. The molecule has 3 heterocycles. The molecule has 144 valence electrons. The summed E-state index contributed by atoms with van der Waals surface area (Å²) in [5, 5.41) is 6.29. The number of pyridine rings is 2. The number of carbonyl (C=O) groups is 1. The highest BCUT2D eigenvalue weighted by Crippen LogP contribution is 2.15. The van der Waals surface area contributed by atoms with E-state index in [1.165, 1.54) is 0 Å². The number of anilines is 1. The molecule has 1 saturated heterocycles. The average Bonchev–Trinajstić information content (AvgIpc) is 3.02. The molecule has 0 aliphatic carbocycles. The highest BCUT2D eigenvalue weighted by molar-refractivity contribution is 5.94. The van der Waals surface area contributed by atoms with Gasteiger partial charge in [-0.25, -0.2) is 4.98 Å². The van der Waals surface area contributed by atoms with Crippen LogP contribution in [0.3, 0.4) is 0 Å². The van der Waals surface area contributed by atoms with E-state index in [0.717, 1.165) is 30.9 Å². The van der Waals surface area contributed by atoms with Gasteiger partial charge in [-0.1, -0.05) is 6.07 Å². The molecule has 2 aromatic heterocycles. The molecule has 3 rings (SSSR count). The maximum atomic E-state index is 12.2. The summed E-state index contributed by atoms with van der Waals surface area (Å²) in [4.78, 5) is 20.9. The first-order chi connectivity index (χ1) is 13.1. The van der Waals surface area contributed by atoms with Gasteiger partial charge in [0.2, 0.25) is 0 Å². The Morgan fingerprint density at radius 2 is 1.93 bits per heavy atom. The fraction of sp³-hybridized carbons (Fsp3) is 0.450. The van der Waals surface area contributed by atoms with Crippen molar-refractivity contribution in [3.63, 3.8) is 0 Å². The van der Waals surface area contributed by atoms with Gasteiger partial charge in [0.25, 0.3) is 5.91 Å². The molecule has 1 aliphatic rings. The summed E-state index contributed by atoms with van der Waals surface area (Å²) in [6.45, 7) is 5.77. The van der Waals surface area contributed by atoms with Crippen LogP contribution in [-0.4, -0.2) is 41.0 Å². The first kappa shape index (κ1) is 19.3. The van der Waals surface area contributed by atoms with Gasteiger partial charge in [-0.3, -0.25) is 20.6 Å². The Balaban J connectivity index is 1.40. The molecule has 7 nitrogen and oxygen atoms in total. The lowest BCUT2D eigenvalue weighted by molar-refractivity contribution is 0.0953. The molecule has 0 aromatic carbocycles. The van der Waals surface area contributed by atoms with Crippen LogP contribution in [0.5, 0.6) is 0 Å². The van der Waals surface area contributed by atoms with Crippen molar-refractivity contribution in [2.24, 2.45) is 5.92 Å². The minimum absolute atomic E-state index is 0.0958. The zero-order valence-corrected chi connectivity index (χ0v) is 15.9. The number of rotatable bonds is 8. The molecular formula is C20H28N6O. The minimum atomic E-state index is -0.0958. The second-order valence-electron chi connectivity index (χ2n) is 7.02. The summed E-state index contributed by atoms with van der Waals surface area (Å²) >= 11 is 0. The van der Waals surface area contributed by atoms with Crippen molar-refractivity contribution in [2.45, 2.75) is 38.8 Å². The topological polar surface area (TPSA) is 91.0 Å². The lowest BCUT2D eigenvalue weighted by Gasteiger charge is -2.18. The third-order valence-corrected chi connectivity index (χ3v) is 4.99. The van der Waals surface area contributed by atoms with Crippen molar-refractivity contribution in [3.8, 4) is 0 Å². The highest BCUT2D eigenvalue weighted by Gasteiger charge is 2.29.